The van der Waals surface area contributed by atoms with Crippen molar-refractivity contribution in [3.63, 3.8) is 0 Å². The number of carboxylic acid groups (broad SMARTS) is 1. The fourth-order valence-electron chi connectivity index (χ4n) is 2.13. The van der Waals surface area contributed by atoms with Gasteiger partial charge in [0.15, 0.2) is 0 Å². The second kappa shape index (κ2) is 7.10. The summed E-state index contributed by atoms with van der Waals surface area (Å²) in [4.78, 5) is 11.5. The molecule has 1 aliphatic rings. The van der Waals surface area contributed by atoms with E-state index < -0.39 is 11.4 Å². The highest BCUT2D eigenvalue weighted by Crippen LogP contribution is 2.41. The number of aliphatic carboxylic acids is 1. The first kappa shape index (κ1) is 15.4. The van der Waals surface area contributed by atoms with Gasteiger partial charge in [0.05, 0.1) is 5.41 Å². The van der Waals surface area contributed by atoms with E-state index in [1.54, 1.807) is 0 Å². The normalized spacial score (nSPS) is 18.9. The molecule has 1 fully saturated rings. The number of hydrogen-bond acceptors (Lipinski definition) is 3. The van der Waals surface area contributed by atoms with Crippen LogP contribution >= 0.6 is 0 Å². The van der Waals surface area contributed by atoms with Crippen LogP contribution in [0.2, 0.25) is 0 Å². The molecule has 1 atom stereocenters. The van der Waals surface area contributed by atoms with Crippen LogP contribution in [0.4, 0.5) is 0 Å². The standard InChI is InChI=1S/C14H27NO3/c1-11(2)5-7-18-8-6-14(10-15,13(16)17)9-12-3-4-12/h11-12H,3-10,15H2,1-2H3,(H,16,17). The minimum absolute atomic E-state index is 0.215. The molecule has 0 aromatic rings. The van der Waals surface area contributed by atoms with Crippen LogP contribution in [0.25, 0.3) is 0 Å². The zero-order valence-corrected chi connectivity index (χ0v) is 11.7. The summed E-state index contributed by atoms with van der Waals surface area (Å²) < 4.78 is 5.54. The maximum atomic E-state index is 11.5. The Balaban J connectivity index is 2.33. The van der Waals surface area contributed by atoms with E-state index >= 15 is 0 Å². The van der Waals surface area contributed by atoms with E-state index in [9.17, 15) is 9.90 Å². The molecule has 0 radical (unpaired) electrons. The van der Waals surface area contributed by atoms with E-state index in [1.807, 2.05) is 0 Å². The van der Waals surface area contributed by atoms with Gasteiger partial charge in [0.1, 0.15) is 0 Å². The molecule has 0 aromatic carbocycles. The lowest BCUT2D eigenvalue weighted by molar-refractivity contribution is -0.150. The molecule has 18 heavy (non-hydrogen) atoms. The summed E-state index contributed by atoms with van der Waals surface area (Å²) in [6.45, 7) is 5.73. The molecule has 1 rings (SSSR count). The average molecular weight is 257 g/mol. The highest BCUT2D eigenvalue weighted by molar-refractivity contribution is 5.75. The van der Waals surface area contributed by atoms with Crippen LogP contribution in [-0.2, 0) is 9.53 Å². The molecule has 0 aromatic heterocycles. The lowest BCUT2D eigenvalue weighted by Gasteiger charge is -2.27. The molecular formula is C14H27NO3. The van der Waals surface area contributed by atoms with Crippen LogP contribution in [0, 0.1) is 17.3 Å². The topological polar surface area (TPSA) is 72.5 Å². The summed E-state index contributed by atoms with van der Waals surface area (Å²) in [7, 11) is 0. The van der Waals surface area contributed by atoms with Gasteiger partial charge in [-0.1, -0.05) is 26.7 Å². The number of carboxylic acids is 1. The molecular weight excluding hydrogens is 230 g/mol. The van der Waals surface area contributed by atoms with Gasteiger partial charge in [0.25, 0.3) is 0 Å². The lowest BCUT2D eigenvalue weighted by Crippen LogP contribution is -2.40. The highest BCUT2D eigenvalue weighted by Gasteiger charge is 2.41. The van der Waals surface area contributed by atoms with Crippen molar-refractivity contribution in [3.05, 3.63) is 0 Å². The molecule has 3 N–H and O–H groups in total. The van der Waals surface area contributed by atoms with Crippen molar-refractivity contribution in [2.45, 2.75) is 46.0 Å². The van der Waals surface area contributed by atoms with Crippen molar-refractivity contribution in [1.29, 1.82) is 0 Å². The number of carbonyl (C=O) groups is 1. The van der Waals surface area contributed by atoms with Crippen LogP contribution in [0.3, 0.4) is 0 Å². The third-order valence-electron chi connectivity index (χ3n) is 3.79. The van der Waals surface area contributed by atoms with E-state index in [0.29, 0.717) is 37.9 Å². The van der Waals surface area contributed by atoms with Gasteiger partial charge in [-0.25, -0.2) is 0 Å². The van der Waals surface area contributed by atoms with Crippen LogP contribution in [0.5, 0.6) is 0 Å². The maximum absolute atomic E-state index is 11.5. The largest absolute Gasteiger partial charge is 0.481 e. The molecule has 0 heterocycles. The highest BCUT2D eigenvalue weighted by atomic mass is 16.5. The van der Waals surface area contributed by atoms with Crippen LogP contribution in [-0.4, -0.2) is 30.8 Å². The van der Waals surface area contributed by atoms with Gasteiger partial charge in [-0.3, -0.25) is 4.79 Å². The molecule has 1 unspecified atom stereocenters. The van der Waals surface area contributed by atoms with Gasteiger partial charge in [-0.2, -0.15) is 0 Å². The number of hydrogen-bond donors (Lipinski definition) is 2. The van der Waals surface area contributed by atoms with E-state index in [2.05, 4.69) is 13.8 Å². The molecule has 0 aliphatic heterocycles. The predicted octanol–water partition coefficient (Wildman–Crippen LogP) is 2.27. The number of ether oxygens (including phenoxy) is 1. The molecule has 106 valence electrons. The summed E-state index contributed by atoms with van der Waals surface area (Å²) in [6, 6.07) is 0. The fourth-order valence-corrected chi connectivity index (χ4v) is 2.13. The van der Waals surface area contributed by atoms with Gasteiger partial charge in [0, 0.05) is 19.8 Å². The maximum Gasteiger partial charge on any atom is 0.311 e. The Labute approximate surface area is 110 Å². The molecule has 4 nitrogen and oxygen atoms in total. The first-order valence-electron chi connectivity index (χ1n) is 7.01. The third kappa shape index (κ3) is 4.94. The minimum Gasteiger partial charge on any atom is -0.481 e. The molecule has 0 bridgehead atoms. The van der Waals surface area contributed by atoms with Gasteiger partial charge in [-0.05, 0) is 31.1 Å². The van der Waals surface area contributed by atoms with Gasteiger partial charge in [0.2, 0.25) is 0 Å². The van der Waals surface area contributed by atoms with E-state index in [-0.39, 0.29) is 6.54 Å². The predicted molar refractivity (Wildman–Crippen MR) is 71.4 cm³/mol. The quantitative estimate of drug-likeness (QED) is 0.589. The molecule has 0 saturated heterocycles. The summed E-state index contributed by atoms with van der Waals surface area (Å²) in [5.41, 5.74) is 4.95. The van der Waals surface area contributed by atoms with E-state index in [0.717, 1.165) is 19.3 Å². The Morgan fingerprint density at radius 2 is 2.11 bits per heavy atom. The van der Waals surface area contributed by atoms with Crippen molar-refractivity contribution in [3.8, 4) is 0 Å². The Kier molecular flexibility index (Phi) is 6.09. The van der Waals surface area contributed by atoms with Crippen molar-refractivity contribution < 1.29 is 14.6 Å². The Hall–Kier alpha value is -0.610. The first-order chi connectivity index (χ1) is 8.50. The number of rotatable bonds is 10. The SMILES string of the molecule is CC(C)CCOCCC(CN)(CC1CC1)C(=O)O. The Morgan fingerprint density at radius 3 is 2.56 bits per heavy atom. The summed E-state index contributed by atoms with van der Waals surface area (Å²) in [5, 5.41) is 9.41. The molecule has 1 saturated carbocycles. The minimum atomic E-state index is -0.765. The van der Waals surface area contributed by atoms with Crippen molar-refractivity contribution in [2.75, 3.05) is 19.8 Å². The Bertz CT molecular complexity index is 264. The second-order valence-electron chi connectivity index (χ2n) is 5.98. The zero-order valence-electron chi connectivity index (χ0n) is 11.7. The molecule has 0 amide bonds. The summed E-state index contributed by atoms with van der Waals surface area (Å²) in [6.07, 6.45) is 4.58. The van der Waals surface area contributed by atoms with E-state index in [1.165, 1.54) is 0 Å². The van der Waals surface area contributed by atoms with Crippen LogP contribution in [0.15, 0.2) is 0 Å². The molecule has 1 aliphatic carbocycles. The van der Waals surface area contributed by atoms with Gasteiger partial charge < -0.3 is 15.6 Å². The summed E-state index contributed by atoms with van der Waals surface area (Å²) in [5.74, 6) is 0.430. The third-order valence-corrected chi connectivity index (χ3v) is 3.79. The van der Waals surface area contributed by atoms with E-state index in [4.69, 9.17) is 10.5 Å². The molecule has 4 heteroatoms. The van der Waals surface area contributed by atoms with Crippen molar-refractivity contribution in [1.82, 2.24) is 0 Å². The zero-order chi connectivity index (χ0) is 13.6. The average Bonchev–Trinajstić information content (AvgIpc) is 3.10. The number of nitrogens with two attached hydrogens (primary N) is 1. The van der Waals surface area contributed by atoms with Crippen molar-refractivity contribution >= 4 is 5.97 Å². The van der Waals surface area contributed by atoms with Crippen LogP contribution < -0.4 is 5.73 Å². The van der Waals surface area contributed by atoms with Gasteiger partial charge in [-0.15, -0.1) is 0 Å². The summed E-state index contributed by atoms with van der Waals surface area (Å²) >= 11 is 0. The lowest BCUT2D eigenvalue weighted by atomic mass is 9.79. The van der Waals surface area contributed by atoms with Crippen LogP contribution in [0.1, 0.15) is 46.0 Å². The second-order valence-corrected chi connectivity index (χ2v) is 5.98. The monoisotopic (exact) mass is 257 g/mol. The Morgan fingerprint density at radius 1 is 1.44 bits per heavy atom. The van der Waals surface area contributed by atoms with Gasteiger partial charge >= 0.3 is 5.97 Å². The smallest absolute Gasteiger partial charge is 0.311 e. The molecule has 0 spiro atoms. The first-order valence-corrected chi connectivity index (χ1v) is 7.01. The van der Waals surface area contributed by atoms with Crippen molar-refractivity contribution in [2.24, 2.45) is 23.0 Å². The fraction of sp³-hybridized carbons (Fsp3) is 0.929.